The minimum atomic E-state index is -0.183. The van der Waals surface area contributed by atoms with Crippen LogP contribution in [0.2, 0.25) is 0 Å². The molecule has 7 heteroatoms. The Kier molecular flexibility index (Phi) is 5.33. The second-order valence-electron chi connectivity index (χ2n) is 7.29. The van der Waals surface area contributed by atoms with Gasteiger partial charge in [0.05, 0.1) is 38.0 Å². The lowest BCUT2D eigenvalue weighted by molar-refractivity contribution is -0.127. The van der Waals surface area contributed by atoms with Crippen molar-refractivity contribution >= 4 is 11.7 Å². The van der Waals surface area contributed by atoms with E-state index in [0.717, 1.165) is 38.0 Å². The predicted octanol–water partition coefficient (Wildman–Crippen LogP) is 2.16. The molecule has 0 aromatic carbocycles. The van der Waals surface area contributed by atoms with Gasteiger partial charge in [0.2, 0.25) is 5.91 Å². The second kappa shape index (κ2) is 7.85. The summed E-state index contributed by atoms with van der Waals surface area (Å²) in [6, 6.07) is 2.50. The molecule has 3 heterocycles. The van der Waals surface area contributed by atoms with Gasteiger partial charge >= 0.3 is 0 Å². The van der Waals surface area contributed by atoms with E-state index < -0.39 is 0 Å². The third-order valence-corrected chi connectivity index (χ3v) is 5.58. The van der Waals surface area contributed by atoms with Crippen LogP contribution in [0.3, 0.4) is 0 Å². The van der Waals surface area contributed by atoms with Crippen molar-refractivity contribution in [2.24, 2.45) is 0 Å². The first-order valence-corrected chi connectivity index (χ1v) is 9.62. The first-order valence-electron chi connectivity index (χ1n) is 9.62. The van der Waals surface area contributed by atoms with Crippen LogP contribution >= 0.6 is 0 Å². The van der Waals surface area contributed by atoms with Crippen molar-refractivity contribution < 1.29 is 14.3 Å². The summed E-state index contributed by atoms with van der Waals surface area (Å²) in [6.07, 6.45) is 9.69. The van der Waals surface area contributed by atoms with Gasteiger partial charge in [0.1, 0.15) is 5.82 Å². The lowest BCUT2D eigenvalue weighted by Gasteiger charge is -2.37. The summed E-state index contributed by atoms with van der Waals surface area (Å²) in [5.41, 5.74) is 0. The van der Waals surface area contributed by atoms with Crippen molar-refractivity contribution in [3.8, 4) is 0 Å². The monoisotopic (exact) mass is 348 g/mol. The summed E-state index contributed by atoms with van der Waals surface area (Å²) in [7, 11) is 0. The largest absolute Gasteiger partial charge is 0.349 e. The van der Waals surface area contributed by atoms with Gasteiger partial charge in [0.25, 0.3) is 0 Å². The van der Waals surface area contributed by atoms with Crippen molar-refractivity contribution in [2.45, 2.75) is 63.3 Å². The second-order valence-corrected chi connectivity index (χ2v) is 7.29. The number of rotatable bonds is 5. The molecule has 3 aliphatic rings. The molecular weight excluding hydrogens is 320 g/mol. The van der Waals surface area contributed by atoms with Gasteiger partial charge in [-0.15, -0.1) is 0 Å². The summed E-state index contributed by atoms with van der Waals surface area (Å²) in [5, 5.41) is 7.49. The highest BCUT2D eigenvalue weighted by Gasteiger charge is 2.34. The fourth-order valence-corrected chi connectivity index (χ4v) is 4.34. The molecule has 1 aromatic heterocycles. The molecule has 138 valence electrons. The van der Waals surface area contributed by atoms with Crippen LogP contribution < -0.4 is 5.32 Å². The lowest BCUT2D eigenvalue weighted by atomic mass is 10.0. The molecular formula is C18H28N4O3. The summed E-state index contributed by atoms with van der Waals surface area (Å²) >= 11 is 0. The van der Waals surface area contributed by atoms with Crippen LogP contribution in [0.4, 0.5) is 5.82 Å². The van der Waals surface area contributed by atoms with Crippen molar-refractivity contribution in [3.63, 3.8) is 0 Å². The number of piperidine rings is 1. The van der Waals surface area contributed by atoms with Gasteiger partial charge in [0.15, 0.2) is 6.29 Å². The summed E-state index contributed by atoms with van der Waals surface area (Å²) < 4.78 is 13.4. The molecule has 0 bridgehead atoms. The minimum absolute atomic E-state index is 0.0182. The molecule has 1 amide bonds. The number of hydrogen-bond donors (Lipinski definition) is 1. The molecule has 2 saturated heterocycles. The molecule has 0 spiro atoms. The maximum Gasteiger partial charge on any atom is 0.239 e. The van der Waals surface area contributed by atoms with E-state index in [-0.39, 0.29) is 18.2 Å². The first-order chi connectivity index (χ1) is 12.3. The van der Waals surface area contributed by atoms with Crippen molar-refractivity contribution in [2.75, 3.05) is 31.6 Å². The van der Waals surface area contributed by atoms with Gasteiger partial charge in [-0.1, -0.05) is 19.3 Å². The topological polar surface area (TPSA) is 68.6 Å². The van der Waals surface area contributed by atoms with Crippen LogP contribution in [0.5, 0.6) is 0 Å². The molecule has 25 heavy (non-hydrogen) atoms. The Bertz CT molecular complexity index is 579. The van der Waals surface area contributed by atoms with Crippen molar-refractivity contribution in [1.29, 1.82) is 0 Å². The fourth-order valence-electron chi connectivity index (χ4n) is 4.34. The summed E-state index contributed by atoms with van der Waals surface area (Å²) in [6.45, 7) is 2.61. The lowest BCUT2D eigenvalue weighted by Crippen LogP contribution is -2.50. The molecule has 1 aliphatic carbocycles. The third-order valence-electron chi connectivity index (χ3n) is 5.58. The Labute approximate surface area is 148 Å². The molecule has 4 rings (SSSR count). The number of likely N-dealkylation sites (tertiary alicyclic amines) is 1. The van der Waals surface area contributed by atoms with Crippen LogP contribution in [0.15, 0.2) is 12.3 Å². The molecule has 0 radical (unpaired) electrons. The standard InChI is InChI=1S/C18H28N4O3/c23-17(20-16-8-9-19-22(16)14-5-1-2-6-14)13-21-10-4-3-7-15(21)18-24-11-12-25-18/h8-9,14-15,18H,1-7,10-13H2,(H,20,23). The van der Waals surface area contributed by atoms with E-state index >= 15 is 0 Å². The van der Waals surface area contributed by atoms with Gasteiger partial charge in [-0.2, -0.15) is 5.10 Å². The van der Waals surface area contributed by atoms with E-state index in [2.05, 4.69) is 15.3 Å². The van der Waals surface area contributed by atoms with E-state index in [1.807, 2.05) is 10.7 Å². The molecule has 7 nitrogen and oxygen atoms in total. The molecule has 1 atom stereocenters. The Morgan fingerprint density at radius 1 is 1.16 bits per heavy atom. The number of carbonyl (C=O) groups is 1. The number of carbonyl (C=O) groups excluding carboxylic acids is 1. The number of hydrogen-bond acceptors (Lipinski definition) is 5. The maximum absolute atomic E-state index is 12.6. The van der Waals surface area contributed by atoms with Crippen molar-refractivity contribution in [1.82, 2.24) is 14.7 Å². The van der Waals surface area contributed by atoms with E-state index in [1.165, 1.54) is 19.3 Å². The zero-order valence-corrected chi connectivity index (χ0v) is 14.7. The number of nitrogens with one attached hydrogen (secondary N) is 1. The van der Waals surface area contributed by atoms with E-state index in [9.17, 15) is 4.79 Å². The highest BCUT2D eigenvalue weighted by atomic mass is 16.7. The Morgan fingerprint density at radius 2 is 1.92 bits per heavy atom. The number of anilines is 1. The first kappa shape index (κ1) is 17.0. The highest BCUT2D eigenvalue weighted by molar-refractivity contribution is 5.91. The third kappa shape index (κ3) is 3.88. The molecule has 1 unspecified atom stereocenters. The van der Waals surface area contributed by atoms with Crippen molar-refractivity contribution in [3.05, 3.63) is 12.3 Å². The number of nitrogens with zero attached hydrogens (tertiary/aromatic N) is 3. The van der Waals surface area contributed by atoms with Crippen LogP contribution in [0, 0.1) is 0 Å². The molecule has 3 fully saturated rings. The number of amides is 1. The highest BCUT2D eigenvalue weighted by Crippen LogP contribution is 2.31. The fraction of sp³-hybridized carbons (Fsp3) is 0.778. The Hall–Kier alpha value is -1.44. The van der Waals surface area contributed by atoms with Gasteiger partial charge in [-0.25, -0.2) is 4.68 Å². The summed E-state index contributed by atoms with van der Waals surface area (Å²) in [5.74, 6) is 0.837. The van der Waals surface area contributed by atoms with Gasteiger partial charge < -0.3 is 14.8 Å². The maximum atomic E-state index is 12.6. The Morgan fingerprint density at radius 3 is 2.72 bits per heavy atom. The van der Waals surface area contributed by atoms with E-state index in [0.29, 0.717) is 25.8 Å². The predicted molar refractivity (Wildman–Crippen MR) is 93.3 cm³/mol. The Balaban J connectivity index is 1.37. The van der Waals surface area contributed by atoms with Gasteiger partial charge in [-0.3, -0.25) is 9.69 Å². The molecule has 1 N–H and O–H groups in total. The average Bonchev–Trinajstić information content (AvgIpc) is 3.37. The van der Waals surface area contributed by atoms with Crippen LogP contribution in [0.25, 0.3) is 0 Å². The quantitative estimate of drug-likeness (QED) is 0.883. The smallest absolute Gasteiger partial charge is 0.239 e. The zero-order valence-electron chi connectivity index (χ0n) is 14.7. The normalized spacial score (nSPS) is 26.3. The molecule has 1 aromatic rings. The van der Waals surface area contributed by atoms with Crippen LogP contribution in [-0.4, -0.2) is 59.2 Å². The van der Waals surface area contributed by atoms with Gasteiger partial charge in [-0.05, 0) is 32.2 Å². The van der Waals surface area contributed by atoms with E-state index in [4.69, 9.17) is 9.47 Å². The SMILES string of the molecule is O=C(CN1CCCCC1C1OCCO1)Nc1ccnn1C1CCCC1. The number of aromatic nitrogens is 2. The van der Waals surface area contributed by atoms with E-state index in [1.54, 1.807) is 6.20 Å². The summed E-state index contributed by atoms with van der Waals surface area (Å²) in [4.78, 5) is 14.8. The minimum Gasteiger partial charge on any atom is -0.349 e. The number of ether oxygens (including phenoxy) is 2. The van der Waals surface area contributed by atoms with Gasteiger partial charge in [0, 0.05) is 6.07 Å². The zero-order chi connectivity index (χ0) is 17.1. The average molecular weight is 348 g/mol. The molecule has 2 aliphatic heterocycles. The van der Waals surface area contributed by atoms with Crippen LogP contribution in [-0.2, 0) is 14.3 Å². The van der Waals surface area contributed by atoms with Crippen LogP contribution in [0.1, 0.15) is 51.0 Å². The molecule has 1 saturated carbocycles.